The Hall–Kier alpha value is -3.05. The van der Waals surface area contributed by atoms with E-state index in [1.807, 2.05) is 30.3 Å². The van der Waals surface area contributed by atoms with Crippen LogP contribution in [0.1, 0.15) is 30.6 Å². The third-order valence-electron chi connectivity index (χ3n) is 7.64. The fourth-order valence-electron chi connectivity index (χ4n) is 5.91. The number of benzene rings is 1. The average molecular weight is 513 g/mol. The predicted octanol–water partition coefficient (Wildman–Crippen LogP) is 1.48. The standard InChI is InChI=1S/C27H32N2O8/c30-17(13-35-15-18-7-4-10-36-18)14-37-28-21-11-22(31)25(32)23-19(21)8-9-20-24(23)27(34)29(26(20)33)12-16-5-2-1-3-6-16/h1-7,10,17,19-20,22-25,30-32H,8-9,11-15H2/t17-,19-,20+,22+,23-,24+,25+/m0/s1. The Balaban J connectivity index is 1.23. The molecular formula is C27H32N2O8. The number of carbonyl (C=O) groups excluding carboxylic acids is 2. The molecule has 1 saturated heterocycles. The van der Waals surface area contributed by atoms with E-state index in [2.05, 4.69) is 5.16 Å². The van der Waals surface area contributed by atoms with Gasteiger partial charge in [0.25, 0.3) is 0 Å². The van der Waals surface area contributed by atoms with Crippen molar-refractivity contribution in [2.24, 2.45) is 28.8 Å². The van der Waals surface area contributed by atoms with Crippen molar-refractivity contribution in [2.75, 3.05) is 13.2 Å². The summed E-state index contributed by atoms with van der Waals surface area (Å²) in [5.74, 6) is -2.07. The molecule has 37 heavy (non-hydrogen) atoms. The van der Waals surface area contributed by atoms with Gasteiger partial charge in [-0.3, -0.25) is 14.5 Å². The van der Waals surface area contributed by atoms with Gasteiger partial charge in [0.15, 0.2) is 0 Å². The smallest absolute Gasteiger partial charge is 0.233 e. The van der Waals surface area contributed by atoms with Crippen LogP contribution in [0.5, 0.6) is 0 Å². The summed E-state index contributed by atoms with van der Waals surface area (Å²) in [6.07, 6.45) is -0.523. The zero-order valence-corrected chi connectivity index (χ0v) is 20.4. The van der Waals surface area contributed by atoms with Crippen molar-refractivity contribution >= 4 is 17.5 Å². The second kappa shape index (κ2) is 11.1. The summed E-state index contributed by atoms with van der Waals surface area (Å²) in [6, 6.07) is 12.8. The van der Waals surface area contributed by atoms with Crippen LogP contribution in [-0.4, -0.2) is 69.3 Å². The molecule has 0 spiro atoms. The van der Waals surface area contributed by atoms with Gasteiger partial charge in [-0.05, 0) is 30.5 Å². The third-order valence-corrected chi connectivity index (χ3v) is 7.64. The molecule has 0 radical (unpaired) electrons. The number of ether oxygens (including phenoxy) is 1. The zero-order valence-electron chi connectivity index (χ0n) is 20.4. The lowest BCUT2D eigenvalue weighted by molar-refractivity contribution is -0.142. The quantitative estimate of drug-likeness (QED) is 0.339. The van der Waals surface area contributed by atoms with Crippen LogP contribution in [-0.2, 0) is 32.3 Å². The maximum Gasteiger partial charge on any atom is 0.233 e. The highest BCUT2D eigenvalue weighted by atomic mass is 16.6. The molecule has 1 aliphatic heterocycles. The van der Waals surface area contributed by atoms with Crippen LogP contribution >= 0.6 is 0 Å². The molecule has 0 bridgehead atoms. The molecule has 3 aliphatic rings. The molecule has 0 unspecified atom stereocenters. The molecular weight excluding hydrogens is 480 g/mol. The number of likely N-dealkylation sites (tertiary alicyclic amines) is 1. The van der Waals surface area contributed by atoms with Crippen LogP contribution in [0.15, 0.2) is 58.3 Å². The van der Waals surface area contributed by atoms with Gasteiger partial charge in [0.1, 0.15) is 25.1 Å². The Kier molecular flexibility index (Phi) is 7.71. The molecule has 198 valence electrons. The minimum Gasteiger partial charge on any atom is -0.467 e. The number of oxime groups is 1. The van der Waals surface area contributed by atoms with E-state index in [1.165, 1.54) is 4.90 Å². The Morgan fingerprint density at radius 3 is 2.57 bits per heavy atom. The van der Waals surface area contributed by atoms with Gasteiger partial charge in [-0.25, -0.2) is 0 Å². The summed E-state index contributed by atoms with van der Waals surface area (Å²) in [4.78, 5) is 33.3. The number of rotatable bonds is 9. The number of imide groups is 1. The van der Waals surface area contributed by atoms with Crippen LogP contribution < -0.4 is 0 Å². The Morgan fingerprint density at radius 2 is 1.81 bits per heavy atom. The maximum absolute atomic E-state index is 13.4. The first kappa shape index (κ1) is 25.6. The number of carbonyl (C=O) groups is 2. The van der Waals surface area contributed by atoms with Gasteiger partial charge in [-0.1, -0.05) is 35.5 Å². The first-order chi connectivity index (χ1) is 17.9. The monoisotopic (exact) mass is 512 g/mol. The summed E-state index contributed by atoms with van der Waals surface area (Å²) < 4.78 is 10.6. The molecule has 10 nitrogen and oxygen atoms in total. The van der Waals surface area contributed by atoms with E-state index in [4.69, 9.17) is 14.0 Å². The molecule has 7 atom stereocenters. The van der Waals surface area contributed by atoms with Crippen LogP contribution in [0.4, 0.5) is 0 Å². The largest absolute Gasteiger partial charge is 0.467 e. The Labute approximate surface area is 214 Å². The molecule has 2 aromatic rings. The van der Waals surface area contributed by atoms with Gasteiger partial charge in [-0.2, -0.15) is 0 Å². The lowest BCUT2D eigenvalue weighted by Crippen LogP contribution is -2.54. The second-order valence-corrected chi connectivity index (χ2v) is 10.0. The Bertz CT molecular complexity index is 1100. The first-order valence-corrected chi connectivity index (χ1v) is 12.7. The van der Waals surface area contributed by atoms with Crippen LogP contribution in [0.2, 0.25) is 0 Å². The number of fused-ring (bicyclic) bond motifs is 3. The van der Waals surface area contributed by atoms with Gasteiger partial charge >= 0.3 is 0 Å². The van der Waals surface area contributed by atoms with Crippen molar-refractivity contribution in [3.8, 4) is 0 Å². The van der Waals surface area contributed by atoms with Gasteiger partial charge in [0.2, 0.25) is 11.8 Å². The maximum atomic E-state index is 13.4. The van der Waals surface area contributed by atoms with E-state index in [1.54, 1.807) is 18.4 Å². The van der Waals surface area contributed by atoms with Crippen LogP contribution in [0.25, 0.3) is 0 Å². The van der Waals surface area contributed by atoms with E-state index in [0.717, 1.165) is 5.56 Å². The molecule has 5 rings (SSSR count). The number of aliphatic hydroxyl groups excluding tert-OH is 3. The fourth-order valence-corrected chi connectivity index (χ4v) is 5.91. The first-order valence-electron chi connectivity index (χ1n) is 12.7. The van der Waals surface area contributed by atoms with E-state index in [-0.39, 0.29) is 50.5 Å². The molecule has 1 aromatic carbocycles. The summed E-state index contributed by atoms with van der Waals surface area (Å²) in [7, 11) is 0. The molecule has 3 N–H and O–H groups in total. The number of hydrogen-bond donors (Lipinski definition) is 3. The summed E-state index contributed by atoms with van der Waals surface area (Å²) >= 11 is 0. The lowest BCUT2D eigenvalue weighted by atomic mass is 9.60. The normalized spacial score (nSPS) is 31.3. The van der Waals surface area contributed by atoms with E-state index in [0.29, 0.717) is 24.3 Å². The number of nitrogens with zero attached hydrogens (tertiary/aromatic N) is 2. The van der Waals surface area contributed by atoms with E-state index >= 15 is 0 Å². The summed E-state index contributed by atoms with van der Waals surface area (Å²) in [5, 5.41) is 35.9. The molecule has 3 fully saturated rings. The topological polar surface area (TPSA) is 142 Å². The molecule has 2 saturated carbocycles. The SMILES string of the molecule is O=C1[C@H]2[C@H]3[C@H](O)[C@H](O)CC(=NOC[C@@H](O)COCc4ccco4)[C@@H]3CC[C@H]2C(=O)N1Cc1ccccc1. The van der Waals surface area contributed by atoms with Crippen molar-refractivity contribution < 1.29 is 38.9 Å². The van der Waals surface area contributed by atoms with Crippen LogP contribution in [0.3, 0.4) is 0 Å². The van der Waals surface area contributed by atoms with Crippen molar-refractivity contribution in [3.05, 3.63) is 60.1 Å². The molecule has 1 aromatic heterocycles. The number of amides is 2. The average Bonchev–Trinajstić information content (AvgIpc) is 3.50. The minimum absolute atomic E-state index is 0.0244. The van der Waals surface area contributed by atoms with E-state index < -0.39 is 36.1 Å². The fraction of sp³-hybridized carbons (Fsp3) is 0.519. The molecule has 2 heterocycles. The highest BCUT2D eigenvalue weighted by Crippen LogP contribution is 2.49. The number of furan rings is 1. The number of hydrogen-bond acceptors (Lipinski definition) is 9. The Morgan fingerprint density at radius 1 is 1.03 bits per heavy atom. The van der Waals surface area contributed by atoms with E-state index in [9.17, 15) is 24.9 Å². The molecule has 2 aliphatic carbocycles. The minimum atomic E-state index is -1.15. The zero-order chi connectivity index (χ0) is 25.9. The van der Waals surface area contributed by atoms with Crippen molar-refractivity contribution in [3.63, 3.8) is 0 Å². The molecule has 2 amide bonds. The second-order valence-electron chi connectivity index (χ2n) is 10.0. The highest BCUT2D eigenvalue weighted by Gasteiger charge is 2.59. The van der Waals surface area contributed by atoms with Gasteiger partial charge in [-0.15, -0.1) is 0 Å². The van der Waals surface area contributed by atoms with Gasteiger partial charge in [0, 0.05) is 18.3 Å². The predicted molar refractivity (Wildman–Crippen MR) is 130 cm³/mol. The lowest BCUT2D eigenvalue weighted by Gasteiger charge is -2.45. The van der Waals surface area contributed by atoms with Crippen LogP contribution in [0, 0.1) is 23.7 Å². The number of aliphatic hydroxyl groups is 3. The highest BCUT2D eigenvalue weighted by molar-refractivity contribution is 6.06. The van der Waals surface area contributed by atoms with Gasteiger partial charge < -0.3 is 29.3 Å². The van der Waals surface area contributed by atoms with Crippen molar-refractivity contribution in [2.45, 2.75) is 50.7 Å². The summed E-state index contributed by atoms with van der Waals surface area (Å²) in [6.45, 7) is 0.317. The van der Waals surface area contributed by atoms with Crippen molar-refractivity contribution in [1.29, 1.82) is 0 Å². The third kappa shape index (κ3) is 5.33. The molecule has 10 heteroatoms. The van der Waals surface area contributed by atoms with Crippen molar-refractivity contribution in [1.82, 2.24) is 4.90 Å². The van der Waals surface area contributed by atoms with Gasteiger partial charge in [0.05, 0.1) is 49.2 Å². The summed E-state index contributed by atoms with van der Waals surface area (Å²) in [5.41, 5.74) is 1.39.